The van der Waals surface area contributed by atoms with Gasteiger partial charge >= 0.3 is 0 Å². The predicted molar refractivity (Wildman–Crippen MR) is 54.0 cm³/mol. The second kappa shape index (κ2) is 3.54. The molecule has 1 atom stereocenters. The molecule has 1 heterocycles. The molecular formula is C9H8OS2. The van der Waals surface area contributed by atoms with Gasteiger partial charge in [-0.1, -0.05) is 41.1 Å². The highest BCUT2D eigenvalue weighted by Gasteiger charge is 2.24. The van der Waals surface area contributed by atoms with Crippen molar-refractivity contribution in [3.8, 4) is 0 Å². The van der Waals surface area contributed by atoms with Gasteiger partial charge in [0, 0.05) is 11.7 Å². The Hall–Kier alpha value is -0.410. The van der Waals surface area contributed by atoms with Crippen LogP contribution in [0.5, 0.6) is 0 Å². The first kappa shape index (κ1) is 8.20. The number of benzene rings is 1. The van der Waals surface area contributed by atoms with Crippen molar-refractivity contribution in [2.75, 3.05) is 0 Å². The van der Waals surface area contributed by atoms with Crippen LogP contribution in [0.25, 0.3) is 0 Å². The Morgan fingerprint density at radius 3 is 2.58 bits per heavy atom. The Labute approximate surface area is 79.3 Å². The van der Waals surface area contributed by atoms with Crippen molar-refractivity contribution in [1.29, 1.82) is 0 Å². The van der Waals surface area contributed by atoms with Gasteiger partial charge in [-0.25, -0.2) is 0 Å². The maximum atomic E-state index is 11.0. The minimum absolute atomic E-state index is 0.300. The van der Waals surface area contributed by atoms with Crippen LogP contribution in [0, 0.1) is 0 Å². The zero-order valence-electron chi connectivity index (χ0n) is 6.40. The molecule has 1 aliphatic rings. The third-order valence-electron chi connectivity index (χ3n) is 1.78. The number of hydrogen-bond donors (Lipinski definition) is 0. The van der Waals surface area contributed by atoms with Gasteiger partial charge < -0.3 is 0 Å². The van der Waals surface area contributed by atoms with E-state index in [1.807, 2.05) is 18.2 Å². The second-order valence-corrected chi connectivity index (χ2v) is 5.12. The summed E-state index contributed by atoms with van der Waals surface area (Å²) in [6.45, 7) is 0. The third-order valence-corrected chi connectivity index (χ3v) is 4.44. The quantitative estimate of drug-likeness (QED) is 0.643. The fraction of sp³-hybridized carbons (Fsp3) is 0.222. The van der Waals surface area contributed by atoms with Crippen molar-refractivity contribution in [1.82, 2.24) is 0 Å². The standard InChI is InChI=1S/C9H8OS2/c10-9-6-8(11-12-9)7-4-2-1-3-5-7/h1-5,8H,6H2/t8-/m1/s1. The minimum Gasteiger partial charge on any atom is -0.286 e. The minimum atomic E-state index is 0.300. The molecule has 2 rings (SSSR count). The van der Waals surface area contributed by atoms with Crippen molar-refractivity contribution in [3.05, 3.63) is 35.9 Å². The van der Waals surface area contributed by atoms with Crippen molar-refractivity contribution < 1.29 is 4.79 Å². The zero-order valence-corrected chi connectivity index (χ0v) is 8.03. The van der Waals surface area contributed by atoms with Gasteiger partial charge in [0.25, 0.3) is 0 Å². The van der Waals surface area contributed by atoms with Crippen molar-refractivity contribution in [2.24, 2.45) is 0 Å². The highest BCUT2D eigenvalue weighted by molar-refractivity contribution is 8.82. The van der Waals surface area contributed by atoms with Crippen LogP contribution in [0.4, 0.5) is 0 Å². The summed E-state index contributed by atoms with van der Waals surface area (Å²) >= 11 is 0. The summed E-state index contributed by atoms with van der Waals surface area (Å²) in [4.78, 5) is 11.0. The van der Waals surface area contributed by atoms with Crippen molar-refractivity contribution in [2.45, 2.75) is 11.7 Å². The van der Waals surface area contributed by atoms with E-state index >= 15 is 0 Å². The normalized spacial score (nSPS) is 23.0. The van der Waals surface area contributed by atoms with Gasteiger partial charge in [-0.2, -0.15) is 0 Å². The molecule has 0 bridgehead atoms. The average molecular weight is 196 g/mol. The number of carbonyl (C=O) groups is 1. The van der Waals surface area contributed by atoms with E-state index in [-0.39, 0.29) is 0 Å². The molecule has 1 aromatic rings. The van der Waals surface area contributed by atoms with E-state index in [0.29, 0.717) is 16.8 Å². The van der Waals surface area contributed by atoms with Crippen LogP contribution < -0.4 is 0 Å². The van der Waals surface area contributed by atoms with Gasteiger partial charge in [0.2, 0.25) is 5.12 Å². The van der Waals surface area contributed by atoms with Gasteiger partial charge in [0.15, 0.2) is 0 Å². The lowest BCUT2D eigenvalue weighted by Gasteiger charge is -2.04. The smallest absolute Gasteiger partial charge is 0.200 e. The lowest BCUT2D eigenvalue weighted by atomic mass is 10.1. The average Bonchev–Trinajstić information content (AvgIpc) is 2.54. The Morgan fingerprint density at radius 1 is 1.25 bits per heavy atom. The molecule has 1 aliphatic heterocycles. The molecule has 0 saturated carbocycles. The van der Waals surface area contributed by atoms with Crippen LogP contribution in [-0.4, -0.2) is 5.12 Å². The molecule has 0 amide bonds. The molecule has 0 aliphatic carbocycles. The molecule has 62 valence electrons. The first-order chi connectivity index (χ1) is 5.86. The van der Waals surface area contributed by atoms with E-state index < -0.39 is 0 Å². The molecule has 0 aromatic heterocycles. The molecule has 1 saturated heterocycles. The molecule has 1 aromatic carbocycles. The van der Waals surface area contributed by atoms with Gasteiger partial charge in [0.05, 0.1) is 0 Å². The summed E-state index contributed by atoms with van der Waals surface area (Å²) in [6.07, 6.45) is 0.680. The maximum Gasteiger partial charge on any atom is 0.200 e. The fourth-order valence-electron chi connectivity index (χ4n) is 1.17. The van der Waals surface area contributed by atoms with Crippen molar-refractivity contribution in [3.63, 3.8) is 0 Å². The Kier molecular flexibility index (Phi) is 2.42. The largest absolute Gasteiger partial charge is 0.286 e. The highest BCUT2D eigenvalue weighted by Crippen LogP contribution is 2.48. The topological polar surface area (TPSA) is 17.1 Å². The van der Waals surface area contributed by atoms with Crippen LogP contribution in [0.2, 0.25) is 0 Å². The second-order valence-electron chi connectivity index (χ2n) is 2.66. The Bertz CT molecular complexity index is 284. The molecule has 0 spiro atoms. The van der Waals surface area contributed by atoms with Crippen LogP contribution >= 0.6 is 21.6 Å². The maximum absolute atomic E-state index is 11.0. The van der Waals surface area contributed by atoms with Crippen LogP contribution in [0.3, 0.4) is 0 Å². The number of rotatable bonds is 1. The zero-order chi connectivity index (χ0) is 8.39. The predicted octanol–water partition coefficient (Wildman–Crippen LogP) is 3.04. The molecule has 1 fully saturated rings. The van der Waals surface area contributed by atoms with E-state index in [1.165, 1.54) is 16.4 Å². The molecule has 12 heavy (non-hydrogen) atoms. The molecule has 0 radical (unpaired) electrons. The summed E-state index contributed by atoms with van der Waals surface area (Å²) in [5.41, 5.74) is 1.26. The van der Waals surface area contributed by atoms with Crippen LogP contribution in [-0.2, 0) is 4.79 Å². The summed E-state index contributed by atoms with van der Waals surface area (Å²) in [7, 11) is 3.05. The van der Waals surface area contributed by atoms with Gasteiger partial charge in [-0.15, -0.1) is 0 Å². The summed E-state index contributed by atoms with van der Waals surface area (Å²) in [5, 5.41) is 0.678. The summed E-state index contributed by atoms with van der Waals surface area (Å²) in [6, 6.07) is 10.2. The molecule has 1 nitrogen and oxygen atoms in total. The number of hydrogen-bond acceptors (Lipinski definition) is 3. The van der Waals surface area contributed by atoms with E-state index in [9.17, 15) is 4.79 Å². The van der Waals surface area contributed by atoms with Crippen LogP contribution in [0.1, 0.15) is 17.2 Å². The van der Waals surface area contributed by atoms with Crippen molar-refractivity contribution >= 4 is 26.7 Å². The first-order valence-corrected chi connectivity index (χ1v) is 5.98. The summed E-state index contributed by atoms with van der Waals surface area (Å²) in [5.74, 6) is 0. The molecular weight excluding hydrogens is 188 g/mol. The third kappa shape index (κ3) is 1.67. The van der Waals surface area contributed by atoms with E-state index in [0.717, 1.165) is 0 Å². The van der Waals surface area contributed by atoms with E-state index in [4.69, 9.17) is 0 Å². The Morgan fingerprint density at radius 2 is 2.00 bits per heavy atom. The first-order valence-electron chi connectivity index (χ1n) is 3.77. The lowest BCUT2D eigenvalue weighted by molar-refractivity contribution is -0.110. The van der Waals surface area contributed by atoms with E-state index in [2.05, 4.69) is 12.1 Å². The monoisotopic (exact) mass is 196 g/mol. The number of carbonyl (C=O) groups excluding carboxylic acids is 1. The molecule has 0 unspecified atom stereocenters. The fourth-order valence-corrected chi connectivity index (χ4v) is 3.64. The van der Waals surface area contributed by atoms with Gasteiger partial charge in [0.1, 0.15) is 0 Å². The van der Waals surface area contributed by atoms with Gasteiger partial charge in [-0.3, -0.25) is 4.79 Å². The molecule has 3 heteroatoms. The SMILES string of the molecule is O=C1C[C@H](c2ccccc2)SS1. The molecule has 0 N–H and O–H groups in total. The lowest BCUT2D eigenvalue weighted by Crippen LogP contribution is -1.90. The van der Waals surface area contributed by atoms with E-state index in [1.54, 1.807) is 10.8 Å². The summed E-state index contributed by atoms with van der Waals surface area (Å²) < 4.78 is 0. The van der Waals surface area contributed by atoms with Crippen LogP contribution in [0.15, 0.2) is 30.3 Å². The van der Waals surface area contributed by atoms with Gasteiger partial charge in [-0.05, 0) is 16.4 Å². The Balaban J connectivity index is 2.16. The highest BCUT2D eigenvalue weighted by atomic mass is 33.1.